The van der Waals surface area contributed by atoms with Crippen molar-refractivity contribution in [1.29, 1.82) is 0 Å². The highest BCUT2D eigenvalue weighted by molar-refractivity contribution is 5.49. The number of aromatic nitrogens is 3. The first-order valence-corrected chi connectivity index (χ1v) is 7.20. The molecule has 2 aromatic rings. The van der Waals surface area contributed by atoms with E-state index >= 15 is 0 Å². The third-order valence-corrected chi connectivity index (χ3v) is 4.11. The summed E-state index contributed by atoms with van der Waals surface area (Å²) in [5, 5.41) is 4.02. The summed E-state index contributed by atoms with van der Waals surface area (Å²) in [5.41, 5.74) is 4.48. The molecule has 0 N–H and O–H groups in total. The lowest BCUT2D eigenvalue weighted by molar-refractivity contribution is 0.309. The minimum absolute atomic E-state index is 0.744. The highest BCUT2D eigenvalue weighted by Crippen LogP contribution is 2.26. The van der Waals surface area contributed by atoms with Gasteiger partial charge in [-0.15, -0.1) is 0 Å². The molecule has 112 valence electrons. The molecule has 0 fully saturated rings. The molecule has 6 nitrogen and oxygen atoms in total. The van der Waals surface area contributed by atoms with E-state index in [-0.39, 0.29) is 0 Å². The molecule has 0 spiro atoms. The number of anilines is 1. The fourth-order valence-corrected chi connectivity index (χ4v) is 2.83. The molecule has 21 heavy (non-hydrogen) atoms. The third-order valence-electron chi connectivity index (χ3n) is 4.11. The van der Waals surface area contributed by atoms with Crippen LogP contribution in [0, 0.1) is 13.8 Å². The molecule has 0 atom stereocenters. The lowest BCUT2D eigenvalue weighted by atomic mass is 10.1. The highest BCUT2D eigenvalue weighted by Gasteiger charge is 2.21. The number of hydrogen-bond donors (Lipinski definition) is 0. The van der Waals surface area contributed by atoms with Gasteiger partial charge in [0.2, 0.25) is 0 Å². The monoisotopic (exact) mass is 287 g/mol. The normalized spacial score (nSPS) is 15.0. The zero-order valence-electron chi connectivity index (χ0n) is 13.1. The number of likely N-dealkylation sites (N-methyl/N-ethyl adjacent to an activating group) is 1. The Bertz CT molecular complexity index is 632. The van der Waals surface area contributed by atoms with Crippen LogP contribution in [0.15, 0.2) is 10.9 Å². The first-order valence-electron chi connectivity index (χ1n) is 7.20. The first kappa shape index (κ1) is 14.0. The molecule has 0 saturated heterocycles. The van der Waals surface area contributed by atoms with E-state index < -0.39 is 0 Å². The fraction of sp³-hybridized carbons (Fsp3) is 0.533. The van der Waals surface area contributed by atoms with Crippen molar-refractivity contribution < 1.29 is 4.52 Å². The summed E-state index contributed by atoms with van der Waals surface area (Å²) in [7, 11) is 4.19. The number of rotatable bonds is 3. The Kier molecular flexibility index (Phi) is 3.63. The van der Waals surface area contributed by atoms with Gasteiger partial charge in [-0.2, -0.15) is 0 Å². The summed E-state index contributed by atoms with van der Waals surface area (Å²) < 4.78 is 5.24. The lowest BCUT2D eigenvalue weighted by Gasteiger charge is -2.28. The van der Waals surface area contributed by atoms with Gasteiger partial charge in [0.15, 0.2) is 0 Å². The molecule has 0 aromatic carbocycles. The molecule has 6 heteroatoms. The molecule has 0 radical (unpaired) electrons. The molecule has 0 unspecified atom stereocenters. The van der Waals surface area contributed by atoms with Crippen LogP contribution < -0.4 is 4.90 Å². The van der Waals surface area contributed by atoms with Gasteiger partial charge in [-0.1, -0.05) is 5.16 Å². The van der Waals surface area contributed by atoms with Crippen molar-refractivity contribution in [2.45, 2.75) is 33.4 Å². The summed E-state index contributed by atoms with van der Waals surface area (Å²) in [6.45, 7) is 6.62. The van der Waals surface area contributed by atoms with Crippen molar-refractivity contribution in [2.75, 3.05) is 25.5 Å². The predicted molar refractivity (Wildman–Crippen MR) is 80.2 cm³/mol. The second-order valence-corrected chi connectivity index (χ2v) is 5.77. The van der Waals surface area contributed by atoms with E-state index in [4.69, 9.17) is 4.52 Å². The van der Waals surface area contributed by atoms with Crippen molar-refractivity contribution >= 4 is 5.82 Å². The molecule has 3 rings (SSSR count). The molecule has 0 aliphatic carbocycles. The maximum Gasteiger partial charge on any atom is 0.138 e. The average molecular weight is 287 g/mol. The smallest absolute Gasteiger partial charge is 0.138 e. The van der Waals surface area contributed by atoms with E-state index in [2.05, 4.69) is 39.0 Å². The van der Waals surface area contributed by atoms with Gasteiger partial charge in [-0.3, -0.25) is 0 Å². The summed E-state index contributed by atoms with van der Waals surface area (Å²) in [4.78, 5) is 13.4. The van der Waals surface area contributed by atoms with Crippen LogP contribution in [0.4, 0.5) is 5.82 Å². The van der Waals surface area contributed by atoms with E-state index in [1.54, 1.807) is 6.33 Å². The Labute approximate surface area is 124 Å². The largest absolute Gasteiger partial charge is 0.361 e. The van der Waals surface area contributed by atoms with Crippen molar-refractivity contribution in [2.24, 2.45) is 0 Å². The van der Waals surface area contributed by atoms with Gasteiger partial charge in [0, 0.05) is 44.2 Å². The van der Waals surface area contributed by atoms with Gasteiger partial charge in [0.25, 0.3) is 0 Å². The standard InChI is InChI=1S/C15H21N5O/c1-10-12(11(2)21-18-10)8-20(4)15-13-7-19(3)6-5-14(13)16-9-17-15/h9H,5-8H2,1-4H3. The highest BCUT2D eigenvalue weighted by atomic mass is 16.5. The number of nitrogens with zero attached hydrogens (tertiary/aromatic N) is 5. The van der Waals surface area contributed by atoms with Crippen molar-refractivity contribution in [1.82, 2.24) is 20.0 Å². The Hall–Kier alpha value is -1.95. The first-order chi connectivity index (χ1) is 10.1. The molecule has 1 aliphatic rings. The van der Waals surface area contributed by atoms with Crippen molar-refractivity contribution in [3.8, 4) is 0 Å². The SMILES string of the molecule is Cc1noc(C)c1CN(C)c1ncnc2c1CN(C)CC2. The van der Waals surface area contributed by atoms with E-state index in [9.17, 15) is 0 Å². The lowest BCUT2D eigenvalue weighted by Crippen LogP contribution is -2.30. The molecule has 2 aromatic heterocycles. The predicted octanol–water partition coefficient (Wildman–Crippen LogP) is 1.71. The van der Waals surface area contributed by atoms with Crippen LogP contribution in [0.25, 0.3) is 0 Å². The Balaban J connectivity index is 1.90. The van der Waals surface area contributed by atoms with Crippen molar-refractivity contribution in [3.63, 3.8) is 0 Å². The van der Waals surface area contributed by atoms with E-state index in [0.29, 0.717) is 0 Å². The van der Waals surface area contributed by atoms with Crippen LogP contribution in [0.1, 0.15) is 28.3 Å². The van der Waals surface area contributed by atoms with E-state index in [1.165, 1.54) is 11.3 Å². The molecule has 0 bridgehead atoms. The summed E-state index contributed by atoms with van der Waals surface area (Å²) in [6, 6.07) is 0. The Morgan fingerprint density at radius 1 is 1.33 bits per heavy atom. The number of aryl methyl sites for hydroxylation is 2. The summed E-state index contributed by atoms with van der Waals surface area (Å²) in [5.74, 6) is 1.88. The van der Waals surface area contributed by atoms with Crippen LogP contribution >= 0.6 is 0 Å². The number of hydrogen-bond acceptors (Lipinski definition) is 6. The molecule has 1 aliphatic heterocycles. The van der Waals surface area contributed by atoms with Crippen LogP contribution in [0.2, 0.25) is 0 Å². The van der Waals surface area contributed by atoms with Crippen molar-refractivity contribution in [3.05, 3.63) is 34.6 Å². The van der Waals surface area contributed by atoms with Gasteiger partial charge in [-0.25, -0.2) is 9.97 Å². The molecular formula is C15H21N5O. The van der Waals surface area contributed by atoms with Gasteiger partial charge in [0.05, 0.1) is 11.4 Å². The van der Waals surface area contributed by atoms with E-state index in [0.717, 1.165) is 48.9 Å². The van der Waals surface area contributed by atoms with Crippen LogP contribution in [-0.4, -0.2) is 40.7 Å². The molecular weight excluding hydrogens is 266 g/mol. The quantitative estimate of drug-likeness (QED) is 0.856. The number of fused-ring (bicyclic) bond motifs is 1. The Morgan fingerprint density at radius 3 is 2.86 bits per heavy atom. The minimum atomic E-state index is 0.744. The topological polar surface area (TPSA) is 58.3 Å². The van der Waals surface area contributed by atoms with Gasteiger partial charge in [0.1, 0.15) is 17.9 Å². The molecule has 3 heterocycles. The summed E-state index contributed by atoms with van der Waals surface area (Å²) in [6.07, 6.45) is 2.66. The van der Waals surface area contributed by atoms with Gasteiger partial charge < -0.3 is 14.3 Å². The van der Waals surface area contributed by atoms with Gasteiger partial charge >= 0.3 is 0 Å². The second-order valence-electron chi connectivity index (χ2n) is 5.77. The zero-order chi connectivity index (χ0) is 15.0. The summed E-state index contributed by atoms with van der Waals surface area (Å²) >= 11 is 0. The maximum absolute atomic E-state index is 5.24. The van der Waals surface area contributed by atoms with Crippen LogP contribution in [-0.2, 0) is 19.5 Å². The molecule has 0 amide bonds. The van der Waals surface area contributed by atoms with Crippen LogP contribution in [0.3, 0.4) is 0 Å². The second kappa shape index (κ2) is 5.44. The minimum Gasteiger partial charge on any atom is -0.361 e. The third kappa shape index (κ3) is 2.63. The average Bonchev–Trinajstić information content (AvgIpc) is 2.78. The zero-order valence-corrected chi connectivity index (χ0v) is 13.1. The van der Waals surface area contributed by atoms with E-state index in [1.807, 2.05) is 13.8 Å². The fourth-order valence-electron chi connectivity index (χ4n) is 2.83. The Morgan fingerprint density at radius 2 is 2.14 bits per heavy atom. The molecule has 0 saturated carbocycles. The van der Waals surface area contributed by atoms with Crippen LogP contribution in [0.5, 0.6) is 0 Å². The maximum atomic E-state index is 5.24. The van der Waals surface area contributed by atoms with Gasteiger partial charge in [-0.05, 0) is 20.9 Å².